The van der Waals surface area contributed by atoms with Crippen LogP contribution < -0.4 is 0 Å². The normalized spacial score (nSPS) is 14.7. The van der Waals surface area contributed by atoms with Crippen LogP contribution in [0.15, 0.2) is 85.2 Å². The molecule has 0 spiro atoms. The molecule has 0 atom stereocenters. The van der Waals surface area contributed by atoms with Crippen LogP contribution in [0.2, 0.25) is 13.1 Å². The zero-order valence-electron chi connectivity index (χ0n) is 19.4. The Bertz CT molecular complexity index is 1310. The molecule has 0 saturated heterocycles. The van der Waals surface area contributed by atoms with Crippen LogP contribution in [0.4, 0.5) is 0 Å². The van der Waals surface area contributed by atoms with Crippen LogP contribution in [0, 0.1) is 13.8 Å². The lowest BCUT2D eigenvalue weighted by atomic mass is 10.1. The quantitative estimate of drug-likeness (QED) is 0.336. The lowest BCUT2D eigenvalue weighted by molar-refractivity contribution is 1.18. The van der Waals surface area contributed by atoms with Gasteiger partial charge in [-0.15, -0.1) is 0 Å². The standard InChI is InChI=1S/C28H26N4Si/c1-19-21(9-7-17-29-19)23-11-5-13-25(31-23)27-15-16-28(33(27,3)4)26-14-6-12-24(32-26)22-10-8-18-30-20(22)2/h5-18H,1-4H3. The molecule has 0 saturated carbocycles. The van der Waals surface area contributed by atoms with Gasteiger partial charge in [0.05, 0.1) is 22.8 Å². The van der Waals surface area contributed by atoms with E-state index in [1.54, 1.807) is 0 Å². The summed E-state index contributed by atoms with van der Waals surface area (Å²) >= 11 is 0. The monoisotopic (exact) mass is 446 g/mol. The van der Waals surface area contributed by atoms with E-state index in [4.69, 9.17) is 9.97 Å². The topological polar surface area (TPSA) is 51.6 Å². The Morgan fingerprint density at radius 2 is 0.970 bits per heavy atom. The van der Waals surface area contributed by atoms with Gasteiger partial charge in [-0.2, -0.15) is 0 Å². The van der Waals surface area contributed by atoms with E-state index in [1.807, 2.05) is 38.4 Å². The number of aryl methyl sites for hydroxylation is 2. The predicted octanol–water partition coefficient (Wildman–Crippen LogP) is 6.48. The minimum atomic E-state index is -1.99. The molecule has 0 radical (unpaired) electrons. The minimum Gasteiger partial charge on any atom is -0.261 e. The second-order valence-corrected chi connectivity index (χ2v) is 13.2. The van der Waals surface area contributed by atoms with E-state index in [0.717, 1.165) is 45.3 Å². The highest BCUT2D eigenvalue weighted by Crippen LogP contribution is 2.41. The molecule has 0 bridgehead atoms. The summed E-state index contributed by atoms with van der Waals surface area (Å²) in [5, 5.41) is 2.65. The van der Waals surface area contributed by atoms with E-state index >= 15 is 0 Å². The smallest absolute Gasteiger partial charge is 0.117 e. The molecule has 0 aliphatic carbocycles. The summed E-state index contributed by atoms with van der Waals surface area (Å²) in [6.07, 6.45) is 8.13. The molecular weight excluding hydrogens is 420 g/mol. The average molecular weight is 447 g/mol. The van der Waals surface area contributed by atoms with Crippen molar-refractivity contribution in [1.29, 1.82) is 0 Å². The summed E-state index contributed by atoms with van der Waals surface area (Å²) in [5.74, 6) is 0. The number of nitrogens with zero attached hydrogens (tertiary/aromatic N) is 4. The van der Waals surface area contributed by atoms with Crippen LogP contribution in [-0.2, 0) is 0 Å². The zero-order valence-corrected chi connectivity index (χ0v) is 20.4. The third kappa shape index (κ3) is 3.85. The van der Waals surface area contributed by atoms with Gasteiger partial charge in [-0.05, 0) is 72.8 Å². The van der Waals surface area contributed by atoms with Gasteiger partial charge in [0.2, 0.25) is 0 Å². The van der Waals surface area contributed by atoms with Crippen LogP contribution in [0.5, 0.6) is 0 Å². The van der Waals surface area contributed by atoms with Gasteiger partial charge >= 0.3 is 0 Å². The summed E-state index contributed by atoms with van der Waals surface area (Å²) in [6.45, 7) is 8.81. The van der Waals surface area contributed by atoms with E-state index in [1.165, 1.54) is 10.4 Å². The SMILES string of the molecule is Cc1ncccc1-c1cccc(C2=CC=C(c3cccc(-c4cccnc4C)n3)[Si]2(C)C)n1. The highest BCUT2D eigenvalue weighted by atomic mass is 28.3. The fourth-order valence-electron chi connectivity index (χ4n) is 4.52. The number of allylic oxidation sites excluding steroid dienone is 2. The van der Waals surface area contributed by atoms with E-state index in [9.17, 15) is 0 Å². The van der Waals surface area contributed by atoms with Crippen LogP contribution in [0.1, 0.15) is 22.8 Å². The Morgan fingerprint density at radius 3 is 1.39 bits per heavy atom. The first-order valence-electron chi connectivity index (χ1n) is 11.2. The van der Waals surface area contributed by atoms with Crippen molar-refractivity contribution in [3.63, 3.8) is 0 Å². The summed E-state index contributed by atoms with van der Waals surface area (Å²) in [7, 11) is -1.99. The number of aromatic nitrogens is 4. The van der Waals surface area contributed by atoms with Gasteiger partial charge in [-0.25, -0.2) is 9.97 Å². The molecule has 1 aliphatic rings. The molecule has 5 heteroatoms. The molecule has 4 nitrogen and oxygen atoms in total. The van der Waals surface area contributed by atoms with E-state index < -0.39 is 8.07 Å². The van der Waals surface area contributed by atoms with Crippen molar-refractivity contribution in [2.75, 3.05) is 0 Å². The van der Waals surface area contributed by atoms with Crippen LogP contribution in [-0.4, -0.2) is 28.0 Å². The highest BCUT2D eigenvalue weighted by molar-refractivity contribution is 7.09. The van der Waals surface area contributed by atoms with Crippen molar-refractivity contribution in [2.24, 2.45) is 0 Å². The number of rotatable bonds is 4. The molecule has 33 heavy (non-hydrogen) atoms. The van der Waals surface area contributed by atoms with Crippen molar-refractivity contribution in [2.45, 2.75) is 26.9 Å². The average Bonchev–Trinajstić information content (AvgIpc) is 3.14. The van der Waals surface area contributed by atoms with E-state index in [-0.39, 0.29) is 0 Å². The Balaban J connectivity index is 1.49. The minimum absolute atomic E-state index is 0.962. The van der Waals surface area contributed by atoms with E-state index in [2.05, 4.69) is 83.7 Å². The molecule has 0 aromatic carbocycles. The first kappa shape index (κ1) is 21.2. The van der Waals surface area contributed by atoms with Crippen molar-refractivity contribution >= 4 is 18.5 Å². The van der Waals surface area contributed by atoms with Crippen LogP contribution in [0.3, 0.4) is 0 Å². The Labute approximate surface area is 195 Å². The van der Waals surface area contributed by atoms with Crippen LogP contribution in [0.25, 0.3) is 32.9 Å². The molecule has 4 aromatic rings. The van der Waals surface area contributed by atoms with Gasteiger partial charge in [-0.1, -0.05) is 37.4 Å². The molecule has 0 N–H and O–H groups in total. The lowest BCUT2D eigenvalue weighted by Gasteiger charge is -2.25. The predicted molar refractivity (Wildman–Crippen MR) is 138 cm³/mol. The van der Waals surface area contributed by atoms with Crippen molar-refractivity contribution < 1.29 is 0 Å². The first-order valence-corrected chi connectivity index (χ1v) is 14.2. The summed E-state index contributed by atoms with van der Waals surface area (Å²) in [5.41, 5.74) is 8.14. The van der Waals surface area contributed by atoms with Gasteiger partial charge in [-0.3, -0.25) is 9.97 Å². The second-order valence-electron chi connectivity index (χ2n) is 8.87. The van der Waals surface area contributed by atoms with E-state index in [0.29, 0.717) is 0 Å². The lowest BCUT2D eigenvalue weighted by Crippen LogP contribution is -2.29. The number of hydrogen-bond donors (Lipinski definition) is 0. The molecule has 162 valence electrons. The Morgan fingerprint density at radius 1 is 0.545 bits per heavy atom. The molecule has 5 rings (SSSR count). The molecular formula is C28H26N4Si. The fraction of sp³-hybridized carbons (Fsp3) is 0.143. The largest absolute Gasteiger partial charge is 0.261 e. The van der Waals surface area contributed by atoms with Crippen molar-refractivity contribution in [1.82, 2.24) is 19.9 Å². The van der Waals surface area contributed by atoms with Crippen LogP contribution >= 0.6 is 0 Å². The maximum Gasteiger partial charge on any atom is 0.117 e. The third-order valence-electron chi connectivity index (χ3n) is 6.38. The van der Waals surface area contributed by atoms with Gasteiger partial charge < -0.3 is 0 Å². The highest BCUT2D eigenvalue weighted by Gasteiger charge is 2.37. The summed E-state index contributed by atoms with van der Waals surface area (Å²) < 4.78 is 0. The molecule has 5 heterocycles. The van der Waals surface area contributed by atoms with Gasteiger partial charge in [0.25, 0.3) is 0 Å². The Hall–Kier alpha value is -3.70. The molecule has 1 aliphatic heterocycles. The Kier molecular flexibility index (Phi) is 5.34. The first-order chi connectivity index (χ1) is 15.9. The number of hydrogen-bond acceptors (Lipinski definition) is 4. The van der Waals surface area contributed by atoms with Crippen molar-refractivity contribution in [3.05, 3.63) is 108 Å². The van der Waals surface area contributed by atoms with Gasteiger partial charge in [0.15, 0.2) is 0 Å². The van der Waals surface area contributed by atoms with Gasteiger partial charge in [0, 0.05) is 34.9 Å². The third-order valence-corrected chi connectivity index (χ3v) is 9.92. The summed E-state index contributed by atoms with van der Waals surface area (Å²) in [4.78, 5) is 19.0. The molecule has 4 aromatic heterocycles. The van der Waals surface area contributed by atoms with Crippen molar-refractivity contribution in [3.8, 4) is 22.5 Å². The molecule has 0 unspecified atom stereocenters. The zero-order chi connectivity index (χ0) is 23.0. The fourth-order valence-corrected chi connectivity index (χ4v) is 7.37. The van der Waals surface area contributed by atoms with Gasteiger partial charge in [0.1, 0.15) is 8.07 Å². The summed E-state index contributed by atoms with van der Waals surface area (Å²) in [6, 6.07) is 20.7. The maximum absolute atomic E-state index is 5.05. The maximum atomic E-state index is 5.05. The molecule has 0 fully saturated rings. The number of pyridine rings is 4. The molecule has 0 amide bonds. The second kappa shape index (κ2) is 8.33.